The number of aliphatic hydroxyl groups is 1. The smallest absolute Gasteiger partial charge is 0.394 e. The number of carbonyl (C=O) groups excluding carboxylic acids is 1. The SMILES string of the molecule is O=C(Nc1ccc(C(F)(F)F)cc1)N1CCC[C@@H]1CO. The summed E-state index contributed by atoms with van der Waals surface area (Å²) in [6, 6.07) is 3.65. The standard InChI is InChI=1S/C13H15F3N2O2/c14-13(15,16)9-3-5-10(6-4-9)17-12(20)18-7-1-2-11(18)8-19/h3-6,11,19H,1-2,7-8H2,(H,17,20)/t11-/m1/s1. The summed E-state index contributed by atoms with van der Waals surface area (Å²) in [6.45, 7) is 0.429. The zero-order valence-corrected chi connectivity index (χ0v) is 10.7. The highest BCUT2D eigenvalue weighted by molar-refractivity contribution is 5.89. The molecular weight excluding hydrogens is 273 g/mol. The lowest BCUT2D eigenvalue weighted by molar-refractivity contribution is -0.137. The minimum absolute atomic E-state index is 0.111. The molecule has 1 aromatic carbocycles. The molecule has 0 aliphatic carbocycles. The first kappa shape index (κ1) is 14.6. The Morgan fingerprint density at radius 1 is 1.35 bits per heavy atom. The summed E-state index contributed by atoms with van der Waals surface area (Å²) >= 11 is 0. The predicted molar refractivity (Wildman–Crippen MR) is 67.3 cm³/mol. The summed E-state index contributed by atoms with van der Waals surface area (Å²) < 4.78 is 37.2. The third-order valence-electron chi connectivity index (χ3n) is 3.31. The molecule has 1 heterocycles. The molecule has 1 aliphatic heterocycles. The van der Waals surface area contributed by atoms with Crippen LogP contribution in [-0.2, 0) is 6.18 Å². The molecule has 2 amide bonds. The molecule has 0 saturated carbocycles. The Balaban J connectivity index is 2.01. The van der Waals surface area contributed by atoms with E-state index in [1.807, 2.05) is 0 Å². The molecule has 0 bridgehead atoms. The molecule has 2 rings (SSSR count). The van der Waals surface area contributed by atoms with Crippen LogP contribution in [0.2, 0.25) is 0 Å². The van der Waals surface area contributed by atoms with Gasteiger partial charge in [0.2, 0.25) is 0 Å². The minimum atomic E-state index is -4.39. The topological polar surface area (TPSA) is 52.6 Å². The second kappa shape index (κ2) is 5.70. The second-order valence-electron chi connectivity index (χ2n) is 4.68. The van der Waals surface area contributed by atoms with Crippen molar-refractivity contribution < 1.29 is 23.1 Å². The van der Waals surface area contributed by atoms with Crippen molar-refractivity contribution in [3.05, 3.63) is 29.8 Å². The van der Waals surface area contributed by atoms with Crippen LogP contribution in [0.5, 0.6) is 0 Å². The molecule has 1 aliphatic rings. The van der Waals surface area contributed by atoms with Gasteiger partial charge in [-0.05, 0) is 37.1 Å². The summed E-state index contributed by atoms with van der Waals surface area (Å²) in [7, 11) is 0. The van der Waals surface area contributed by atoms with Crippen molar-refractivity contribution in [2.24, 2.45) is 0 Å². The average Bonchev–Trinajstić information content (AvgIpc) is 2.86. The van der Waals surface area contributed by atoms with Gasteiger partial charge < -0.3 is 15.3 Å². The Bertz CT molecular complexity index is 473. The first-order chi connectivity index (χ1) is 9.41. The molecule has 7 heteroatoms. The van der Waals surface area contributed by atoms with Crippen LogP contribution in [0.1, 0.15) is 18.4 Å². The van der Waals surface area contributed by atoms with E-state index in [9.17, 15) is 18.0 Å². The summed E-state index contributed by atoms with van der Waals surface area (Å²) in [6.07, 6.45) is -2.85. The number of hydrogen-bond donors (Lipinski definition) is 2. The monoisotopic (exact) mass is 288 g/mol. The maximum Gasteiger partial charge on any atom is 0.416 e. The van der Waals surface area contributed by atoms with Crippen LogP contribution in [0.4, 0.5) is 23.7 Å². The Kier molecular flexibility index (Phi) is 4.17. The number of halogens is 3. The number of alkyl halides is 3. The van der Waals surface area contributed by atoms with Gasteiger partial charge in [-0.1, -0.05) is 0 Å². The van der Waals surface area contributed by atoms with Gasteiger partial charge in [-0.15, -0.1) is 0 Å². The van der Waals surface area contributed by atoms with E-state index in [1.54, 1.807) is 0 Å². The molecule has 1 saturated heterocycles. The second-order valence-corrected chi connectivity index (χ2v) is 4.68. The van der Waals surface area contributed by atoms with Crippen molar-refractivity contribution in [3.8, 4) is 0 Å². The maximum absolute atomic E-state index is 12.4. The number of urea groups is 1. The molecule has 20 heavy (non-hydrogen) atoms. The number of likely N-dealkylation sites (tertiary alicyclic amines) is 1. The molecule has 0 radical (unpaired) electrons. The molecule has 0 aromatic heterocycles. The fourth-order valence-corrected chi connectivity index (χ4v) is 2.23. The number of rotatable bonds is 2. The lowest BCUT2D eigenvalue weighted by atomic mass is 10.2. The van der Waals surface area contributed by atoms with Gasteiger partial charge in [0, 0.05) is 12.2 Å². The van der Waals surface area contributed by atoms with Gasteiger partial charge in [-0.3, -0.25) is 0 Å². The number of anilines is 1. The van der Waals surface area contributed by atoms with Crippen LogP contribution < -0.4 is 5.32 Å². The van der Waals surface area contributed by atoms with Crippen molar-refractivity contribution in [3.63, 3.8) is 0 Å². The lowest BCUT2D eigenvalue weighted by Crippen LogP contribution is -2.40. The first-order valence-electron chi connectivity index (χ1n) is 6.27. The van der Waals surface area contributed by atoms with E-state index in [4.69, 9.17) is 5.11 Å². The van der Waals surface area contributed by atoms with E-state index in [0.717, 1.165) is 25.0 Å². The Hall–Kier alpha value is -1.76. The first-order valence-corrected chi connectivity index (χ1v) is 6.27. The number of nitrogens with one attached hydrogen (secondary N) is 1. The fourth-order valence-electron chi connectivity index (χ4n) is 2.23. The molecule has 0 spiro atoms. The van der Waals surface area contributed by atoms with Gasteiger partial charge in [-0.25, -0.2) is 4.79 Å². The zero-order chi connectivity index (χ0) is 14.8. The highest BCUT2D eigenvalue weighted by Crippen LogP contribution is 2.30. The van der Waals surface area contributed by atoms with Crippen LogP contribution >= 0.6 is 0 Å². The van der Waals surface area contributed by atoms with Crippen molar-refractivity contribution in [2.45, 2.75) is 25.1 Å². The number of nitrogens with zero attached hydrogens (tertiary/aromatic N) is 1. The van der Waals surface area contributed by atoms with Crippen LogP contribution in [0.25, 0.3) is 0 Å². The van der Waals surface area contributed by atoms with Gasteiger partial charge in [0.1, 0.15) is 0 Å². The number of benzene rings is 1. The predicted octanol–water partition coefficient (Wildman–Crippen LogP) is 2.69. The number of aliphatic hydroxyl groups excluding tert-OH is 1. The average molecular weight is 288 g/mol. The Labute approximate surface area is 114 Å². The van der Waals surface area contributed by atoms with Gasteiger partial charge >= 0.3 is 12.2 Å². The molecule has 0 unspecified atom stereocenters. The van der Waals surface area contributed by atoms with Crippen LogP contribution in [0.15, 0.2) is 24.3 Å². The third kappa shape index (κ3) is 3.22. The van der Waals surface area contributed by atoms with E-state index in [0.29, 0.717) is 12.2 Å². The molecule has 1 aromatic rings. The zero-order valence-electron chi connectivity index (χ0n) is 10.7. The van der Waals surface area contributed by atoms with E-state index in [-0.39, 0.29) is 12.6 Å². The molecule has 1 fully saturated rings. The Morgan fingerprint density at radius 2 is 2.00 bits per heavy atom. The van der Waals surface area contributed by atoms with Crippen molar-refractivity contribution in [1.29, 1.82) is 0 Å². The number of hydrogen-bond acceptors (Lipinski definition) is 2. The quantitative estimate of drug-likeness (QED) is 0.879. The van der Waals surface area contributed by atoms with E-state index in [2.05, 4.69) is 5.32 Å². The van der Waals surface area contributed by atoms with Gasteiger partial charge in [0.05, 0.1) is 18.2 Å². The fraction of sp³-hybridized carbons (Fsp3) is 0.462. The number of amides is 2. The van der Waals surface area contributed by atoms with Crippen molar-refractivity contribution >= 4 is 11.7 Å². The molecular formula is C13H15F3N2O2. The summed E-state index contributed by atoms with van der Waals surface area (Å²) in [5.74, 6) is 0. The maximum atomic E-state index is 12.4. The van der Waals surface area contributed by atoms with E-state index >= 15 is 0 Å². The highest BCUT2D eigenvalue weighted by atomic mass is 19.4. The van der Waals surface area contributed by atoms with Crippen molar-refractivity contribution in [2.75, 3.05) is 18.5 Å². The minimum Gasteiger partial charge on any atom is -0.394 e. The molecule has 4 nitrogen and oxygen atoms in total. The largest absolute Gasteiger partial charge is 0.416 e. The van der Waals surface area contributed by atoms with Crippen LogP contribution in [0.3, 0.4) is 0 Å². The van der Waals surface area contributed by atoms with Crippen LogP contribution in [0, 0.1) is 0 Å². The summed E-state index contributed by atoms with van der Waals surface area (Å²) in [5, 5.41) is 11.7. The van der Waals surface area contributed by atoms with Gasteiger partial charge in [0.25, 0.3) is 0 Å². The van der Waals surface area contributed by atoms with E-state index < -0.39 is 17.8 Å². The van der Waals surface area contributed by atoms with E-state index in [1.165, 1.54) is 17.0 Å². The summed E-state index contributed by atoms with van der Waals surface area (Å²) in [4.78, 5) is 13.4. The molecule has 2 N–H and O–H groups in total. The molecule has 110 valence electrons. The lowest BCUT2D eigenvalue weighted by Gasteiger charge is -2.23. The van der Waals surface area contributed by atoms with Crippen LogP contribution in [-0.4, -0.2) is 35.2 Å². The van der Waals surface area contributed by atoms with Crippen molar-refractivity contribution in [1.82, 2.24) is 4.90 Å². The third-order valence-corrected chi connectivity index (χ3v) is 3.31. The molecule has 1 atom stereocenters. The Morgan fingerprint density at radius 3 is 2.55 bits per heavy atom. The highest BCUT2D eigenvalue weighted by Gasteiger charge is 2.30. The van der Waals surface area contributed by atoms with Gasteiger partial charge in [0.15, 0.2) is 0 Å². The normalized spacial score (nSPS) is 19.2. The van der Waals surface area contributed by atoms with Gasteiger partial charge in [-0.2, -0.15) is 13.2 Å². The summed E-state index contributed by atoms with van der Waals surface area (Å²) in [5.41, 5.74) is -0.462. The number of carbonyl (C=O) groups is 1.